The summed E-state index contributed by atoms with van der Waals surface area (Å²) in [5.74, 6) is -0.483. The third-order valence-electron chi connectivity index (χ3n) is 3.23. The summed E-state index contributed by atoms with van der Waals surface area (Å²) in [5.41, 5.74) is 6.97. The first-order chi connectivity index (χ1) is 9.45. The molecule has 0 aliphatic rings. The second-order valence-electron chi connectivity index (χ2n) is 5.03. The van der Waals surface area contributed by atoms with E-state index < -0.39 is 6.04 Å². The molecule has 0 aliphatic carbocycles. The predicted molar refractivity (Wildman–Crippen MR) is 79.0 cm³/mol. The van der Waals surface area contributed by atoms with E-state index in [1.807, 2.05) is 30.3 Å². The number of carbonyl (C=O) groups is 2. The van der Waals surface area contributed by atoms with Gasteiger partial charge in [-0.2, -0.15) is 0 Å². The van der Waals surface area contributed by atoms with Gasteiger partial charge < -0.3 is 16.0 Å². The lowest BCUT2D eigenvalue weighted by molar-refractivity contribution is -0.133. The highest BCUT2D eigenvalue weighted by Gasteiger charge is 2.22. The third kappa shape index (κ3) is 4.66. The average Bonchev–Trinajstić information content (AvgIpc) is 2.46. The summed E-state index contributed by atoms with van der Waals surface area (Å²) in [4.78, 5) is 25.1. The quantitative estimate of drug-likeness (QED) is 0.790. The Hall–Kier alpha value is -1.88. The topological polar surface area (TPSA) is 75.4 Å². The number of hydrogen-bond donors (Lipinski definition) is 2. The highest BCUT2D eigenvalue weighted by molar-refractivity contribution is 5.83. The SMILES string of the molecule is CNC(=O)C(C)CN(C)C(=O)[C@@H](N)Cc1ccccc1. The maximum atomic E-state index is 12.2. The van der Waals surface area contributed by atoms with Gasteiger partial charge in [-0.25, -0.2) is 0 Å². The van der Waals surface area contributed by atoms with Crippen LogP contribution in [0.2, 0.25) is 0 Å². The van der Waals surface area contributed by atoms with E-state index in [4.69, 9.17) is 5.73 Å². The molecule has 0 aliphatic heterocycles. The van der Waals surface area contributed by atoms with Gasteiger partial charge in [-0.1, -0.05) is 37.3 Å². The first-order valence-corrected chi connectivity index (χ1v) is 6.71. The third-order valence-corrected chi connectivity index (χ3v) is 3.23. The van der Waals surface area contributed by atoms with E-state index in [0.717, 1.165) is 5.56 Å². The van der Waals surface area contributed by atoms with Crippen molar-refractivity contribution in [2.75, 3.05) is 20.6 Å². The minimum atomic E-state index is -0.584. The number of amides is 2. The minimum Gasteiger partial charge on any atom is -0.359 e. The lowest BCUT2D eigenvalue weighted by Gasteiger charge is -2.24. The van der Waals surface area contributed by atoms with Crippen molar-refractivity contribution >= 4 is 11.8 Å². The fourth-order valence-electron chi connectivity index (χ4n) is 2.07. The van der Waals surface area contributed by atoms with Crippen molar-refractivity contribution in [3.8, 4) is 0 Å². The summed E-state index contributed by atoms with van der Waals surface area (Å²) < 4.78 is 0. The number of carbonyl (C=O) groups excluding carboxylic acids is 2. The molecule has 5 nitrogen and oxygen atoms in total. The summed E-state index contributed by atoms with van der Waals surface area (Å²) in [6.45, 7) is 2.15. The summed E-state index contributed by atoms with van der Waals surface area (Å²) in [6, 6.07) is 9.07. The largest absolute Gasteiger partial charge is 0.359 e. The van der Waals surface area contributed by atoms with Crippen LogP contribution in [0.1, 0.15) is 12.5 Å². The minimum absolute atomic E-state index is 0.0821. The van der Waals surface area contributed by atoms with Gasteiger partial charge in [0.2, 0.25) is 11.8 Å². The van der Waals surface area contributed by atoms with Gasteiger partial charge in [-0.3, -0.25) is 9.59 Å². The fourth-order valence-corrected chi connectivity index (χ4v) is 2.07. The van der Waals surface area contributed by atoms with E-state index in [2.05, 4.69) is 5.32 Å². The Morgan fingerprint density at radius 2 is 1.90 bits per heavy atom. The molecule has 0 fully saturated rings. The van der Waals surface area contributed by atoms with Crippen LogP contribution in [0.4, 0.5) is 0 Å². The predicted octanol–water partition coefficient (Wildman–Crippen LogP) is 0.397. The van der Waals surface area contributed by atoms with Gasteiger partial charge in [0.25, 0.3) is 0 Å². The van der Waals surface area contributed by atoms with Crippen molar-refractivity contribution in [2.24, 2.45) is 11.7 Å². The number of likely N-dealkylation sites (N-methyl/N-ethyl adjacent to an activating group) is 1. The molecule has 0 saturated carbocycles. The summed E-state index contributed by atoms with van der Waals surface area (Å²) in [7, 11) is 3.26. The number of hydrogen-bond acceptors (Lipinski definition) is 3. The Labute approximate surface area is 120 Å². The average molecular weight is 277 g/mol. The van der Waals surface area contributed by atoms with Crippen LogP contribution in [0.15, 0.2) is 30.3 Å². The highest BCUT2D eigenvalue weighted by atomic mass is 16.2. The number of nitrogens with one attached hydrogen (secondary N) is 1. The Kier molecular flexibility index (Phi) is 6.18. The molecule has 1 rings (SSSR count). The lowest BCUT2D eigenvalue weighted by atomic mass is 10.0. The zero-order valence-corrected chi connectivity index (χ0v) is 12.3. The van der Waals surface area contributed by atoms with E-state index in [9.17, 15) is 9.59 Å². The van der Waals surface area contributed by atoms with Crippen LogP contribution in [0.3, 0.4) is 0 Å². The molecule has 0 bridgehead atoms. The van der Waals surface area contributed by atoms with Gasteiger partial charge in [0.1, 0.15) is 0 Å². The van der Waals surface area contributed by atoms with Crippen LogP contribution >= 0.6 is 0 Å². The molecule has 0 saturated heterocycles. The van der Waals surface area contributed by atoms with Gasteiger partial charge in [0, 0.05) is 20.6 Å². The molecule has 0 heterocycles. The monoisotopic (exact) mass is 277 g/mol. The second-order valence-corrected chi connectivity index (χ2v) is 5.03. The van der Waals surface area contributed by atoms with Gasteiger partial charge in [-0.05, 0) is 12.0 Å². The molecule has 1 aromatic rings. The van der Waals surface area contributed by atoms with Crippen LogP contribution in [-0.4, -0.2) is 43.4 Å². The molecule has 3 N–H and O–H groups in total. The highest BCUT2D eigenvalue weighted by Crippen LogP contribution is 2.05. The Morgan fingerprint density at radius 3 is 2.45 bits per heavy atom. The van der Waals surface area contributed by atoms with E-state index >= 15 is 0 Å². The van der Waals surface area contributed by atoms with E-state index in [1.165, 1.54) is 4.90 Å². The maximum Gasteiger partial charge on any atom is 0.239 e. The van der Waals surface area contributed by atoms with Crippen LogP contribution in [0.5, 0.6) is 0 Å². The van der Waals surface area contributed by atoms with Gasteiger partial charge in [0.05, 0.1) is 12.0 Å². The second kappa shape index (κ2) is 7.65. The van der Waals surface area contributed by atoms with Gasteiger partial charge in [-0.15, -0.1) is 0 Å². The van der Waals surface area contributed by atoms with Crippen molar-refractivity contribution in [3.63, 3.8) is 0 Å². The van der Waals surface area contributed by atoms with E-state index in [1.54, 1.807) is 21.0 Å². The van der Waals surface area contributed by atoms with E-state index in [-0.39, 0.29) is 17.7 Å². The van der Waals surface area contributed by atoms with Crippen molar-refractivity contribution in [3.05, 3.63) is 35.9 Å². The summed E-state index contributed by atoms with van der Waals surface area (Å²) in [5, 5.41) is 2.57. The molecule has 2 atom stereocenters. The first-order valence-electron chi connectivity index (χ1n) is 6.71. The normalized spacial score (nSPS) is 13.4. The Bertz CT molecular complexity index is 448. The number of nitrogens with zero attached hydrogens (tertiary/aromatic N) is 1. The Balaban J connectivity index is 2.53. The van der Waals surface area contributed by atoms with Crippen molar-refractivity contribution < 1.29 is 9.59 Å². The van der Waals surface area contributed by atoms with Crippen LogP contribution < -0.4 is 11.1 Å². The molecule has 0 aromatic heterocycles. The van der Waals surface area contributed by atoms with Gasteiger partial charge in [0.15, 0.2) is 0 Å². The molecule has 0 spiro atoms. The number of nitrogens with two attached hydrogens (primary N) is 1. The Morgan fingerprint density at radius 1 is 1.30 bits per heavy atom. The molecular weight excluding hydrogens is 254 g/mol. The summed E-state index contributed by atoms with van der Waals surface area (Å²) >= 11 is 0. The van der Waals surface area contributed by atoms with Gasteiger partial charge >= 0.3 is 0 Å². The number of benzene rings is 1. The number of rotatable bonds is 6. The molecule has 2 amide bonds. The molecule has 110 valence electrons. The van der Waals surface area contributed by atoms with E-state index in [0.29, 0.717) is 13.0 Å². The first kappa shape index (κ1) is 16.2. The molecule has 1 unspecified atom stereocenters. The lowest BCUT2D eigenvalue weighted by Crippen LogP contribution is -2.46. The van der Waals surface area contributed by atoms with Crippen molar-refractivity contribution in [2.45, 2.75) is 19.4 Å². The van der Waals surface area contributed by atoms with Crippen molar-refractivity contribution in [1.29, 1.82) is 0 Å². The van der Waals surface area contributed by atoms with Crippen LogP contribution in [0, 0.1) is 5.92 Å². The molecule has 0 radical (unpaired) electrons. The molecule has 20 heavy (non-hydrogen) atoms. The van der Waals surface area contributed by atoms with Crippen LogP contribution in [-0.2, 0) is 16.0 Å². The molecule has 5 heteroatoms. The molecule has 1 aromatic carbocycles. The van der Waals surface area contributed by atoms with Crippen LogP contribution in [0.25, 0.3) is 0 Å². The fraction of sp³-hybridized carbons (Fsp3) is 0.467. The standard InChI is InChI=1S/C15H23N3O2/c1-11(14(19)17-2)10-18(3)15(20)13(16)9-12-7-5-4-6-8-12/h4-8,11,13H,9-10,16H2,1-3H3,(H,17,19)/t11?,13-/m0/s1. The zero-order valence-electron chi connectivity index (χ0n) is 12.3. The van der Waals surface area contributed by atoms with Crippen molar-refractivity contribution in [1.82, 2.24) is 10.2 Å². The molecular formula is C15H23N3O2. The smallest absolute Gasteiger partial charge is 0.239 e. The summed E-state index contributed by atoms with van der Waals surface area (Å²) in [6.07, 6.45) is 0.498. The maximum absolute atomic E-state index is 12.2. The zero-order chi connectivity index (χ0) is 15.1.